The van der Waals surface area contributed by atoms with Crippen molar-refractivity contribution in [2.75, 3.05) is 62.4 Å². The number of hydrogen-bond donors (Lipinski definition) is 6. The van der Waals surface area contributed by atoms with Gasteiger partial charge in [0.1, 0.15) is 12.4 Å². The lowest BCUT2D eigenvalue weighted by Crippen LogP contribution is -2.37. The molecule has 6 N–H and O–H groups in total. The Bertz CT molecular complexity index is 2470. The number of aromatic nitrogens is 3. The standard InChI is InChI=1S/C46H51N9O7/c1-6-54(7-2)20-19-47-45(59)43-29(3)40(50-30(43)4)25-38-37-24-35(15-16-39(37)53-44(38)58)51-41(56)17-18-42(57)62-22-21-55(28-31-9-8-10-36(23-31)61-5)46(60)52-34-13-11-32(12-14-34)33-26-48-49-27-33/h8-18,23-27,50H,6-7,19-22,28H2,1-5H3,(H,47,59)(H,48,49)(H,51,56)(H,52,60)(H,53,58)/b18-17+,38-25-. The second kappa shape index (κ2) is 20.7. The van der Waals surface area contributed by atoms with E-state index >= 15 is 0 Å². The average Bonchev–Trinajstić information content (AvgIpc) is 3.99. The van der Waals surface area contributed by atoms with Gasteiger partial charge in [-0.3, -0.25) is 19.5 Å². The molecule has 0 unspecified atom stereocenters. The molecule has 5 amide bonds. The third-order valence-electron chi connectivity index (χ3n) is 10.4. The zero-order valence-corrected chi connectivity index (χ0v) is 35.4. The van der Waals surface area contributed by atoms with E-state index in [1.165, 1.54) is 4.90 Å². The monoisotopic (exact) mass is 841 g/mol. The van der Waals surface area contributed by atoms with E-state index in [4.69, 9.17) is 9.47 Å². The zero-order valence-electron chi connectivity index (χ0n) is 35.4. The lowest BCUT2D eigenvalue weighted by Gasteiger charge is -2.23. The van der Waals surface area contributed by atoms with E-state index in [9.17, 15) is 24.0 Å². The minimum absolute atomic E-state index is 0.0483. The van der Waals surface area contributed by atoms with Crippen molar-refractivity contribution >= 4 is 58.4 Å². The molecule has 6 rings (SSSR count). The number of aryl methyl sites for hydroxylation is 1. The number of H-pyrrole nitrogens is 2. The number of hydrogen-bond acceptors (Lipinski definition) is 9. The third kappa shape index (κ3) is 11.2. The molecule has 0 aliphatic carbocycles. The number of nitrogens with one attached hydrogen (secondary N) is 6. The normalized spacial score (nSPS) is 12.6. The first kappa shape index (κ1) is 44.1. The Balaban J connectivity index is 1.05. The number of amides is 5. The molecule has 0 radical (unpaired) electrons. The van der Waals surface area contributed by atoms with E-state index in [2.05, 4.69) is 55.2 Å². The lowest BCUT2D eigenvalue weighted by atomic mass is 10.0. The van der Waals surface area contributed by atoms with Crippen molar-refractivity contribution in [1.82, 2.24) is 30.3 Å². The molecule has 1 aliphatic heterocycles. The van der Waals surface area contributed by atoms with Gasteiger partial charge in [-0.25, -0.2) is 9.59 Å². The van der Waals surface area contributed by atoms with Crippen molar-refractivity contribution in [3.05, 3.63) is 125 Å². The minimum Gasteiger partial charge on any atom is -0.497 e. The van der Waals surface area contributed by atoms with Gasteiger partial charge in [-0.2, -0.15) is 5.10 Å². The summed E-state index contributed by atoms with van der Waals surface area (Å²) in [6, 6.07) is 19.2. The van der Waals surface area contributed by atoms with Gasteiger partial charge in [0, 0.05) is 77.6 Å². The van der Waals surface area contributed by atoms with Crippen LogP contribution in [0.4, 0.5) is 21.9 Å². The Kier molecular flexibility index (Phi) is 14.7. The van der Waals surface area contributed by atoms with Crippen LogP contribution in [0.2, 0.25) is 0 Å². The number of methoxy groups -OCH3 is 1. The second-order valence-corrected chi connectivity index (χ2v) is 14.5. The van der Waals surface area contributed by atoms with E-state index in [0.717, 1.165) is 48.5 Å². The Morgan fingerprint density at radius 2 is 1.66 bits per heavy atom. The fraction of sp³-hybridized carbons (Fsp3) is 0.261. The van der Waals surface area contributed by atoms with Crippen molar-refractivity contribution < 1.29 is 33.4 Å². The Morgan fingerprint density at radius 1 is 0.887 bits per heavy atom. The summed E-state index contributed by atoms with van der Waals surface area (Å²) < 4.78 is 10.7. The van der Waals surface area contributed by atoms with Crippen LogP contribution in [0.3, 0.4) is 0 Å². The van der Waals surface area contributed by atoms with Gasteiger partial charge in [-0.15, -0.1) is 0 Å². The molecule has 3 heterocycles. The smallest absolute Gasteiger partial charge is 0.331 e. The summed E-state index contributed by atoms with van der Waals surface area (Å²) in [6.45, 7) is 11.0. The fourth-order valence-corrected chi connectivity index (χ4v) is 7.00. The number of benzene rings is 3. The fourth-order valence-electron chi connectivity index (χ4n) is 7.00. The number of aromatic amines is 2. The largest absolute Gasteiger partial charge is 0.497 e. The van der Waals surface area contributed by atoms with E-state index < -0.39 is 17.9 Å². The SMILES string of the molecule is CCN(CC)CCNC(=O)c1c(C)[nH]c(/C=C2\C(=O)Nc3ccc(NC(=O)/C=C/C(=O)OCCN(Cc4cccc(OC)c4)C(=O)Nc4ccc(-c5cn[nH]c5)cc4)cc32)c1C. The molecule has 0 atom stereocenters. The van der Waals surface area contributed by atoms with Gasteiger partial charge in [-0.05, 0) is 92.2 Å². The first-order valence-corrected chi connectivity index (χ1v) is 20.3. The minimum atomic E-state index is -0.778. The molecule has 2 aromatic heterocycles. The van der Waals surface area contributed by atoms with Gasteiger partial charge in [0.05, 0.1) is 31.0 Å². The quantitative estimate of drug-likeness (QED) is 0.0428. The number of urea groups is 1. The summed E-state index contributed by atoms with van der Waals surface area (Å²) in [5.74, 6) is -1.27. The van der Waals surface area contributed by atoms with Crippen molar-refractivity contribution in [2.24, 2.45) is 0 Å². The van der Waals surface area contributed by atoms with Crippen LogP contribution >= 0.6 is 0 Å². The number of carbonyl (C=O) groups excluding carboxylic acids is 5. The maximum Gasteiger partial charge on any atom is 0.331 e. The third-order valence-corrected chi connectivity index (χ3v) is 10.4. The predicted molar refractivity (Wildman–Crippen MR) is 239 cm³/mol. The van der Waals surface area contributed by atoms with Crippen LogP contribution in [0.5, 0.6) is 5.75 Å². The van der Waals surface area contributed by atoms with E-state index in [0.29, 0.717) is 63.0 Å². The lowest BCUT2D eigenvalue weighted by molar-refractivity contribution is -0.138. The Hall–Kier alpha value is -7.46. The van der Waals surface area contributed by atoms with E-state index in [-0.39, 0.29) is 31.5 Å². The van der Waals surface area contributed by atoms with Crippen LogP contribution in [-0.2, 0) is 25.7 Å². The molecule has 3 aromatic carbocycles. The highest BCUT2D eigenvalue weighted by molar-refractivity contribution is 6.35. The van der Waals surface area contributed by atoms with E-state index in [1.54, 1.807) is 62.0 Å². The first-order chi connectivity index (χ1) is 30.0. The number of rotatable bonds is 18. The highest BCUT2D eigenvalue weighted by Gasteiger charge is 2.26. The maximum atomic E-state index is 13.5. The first-order valence-electron chi connectivity index (χ1n) is 20.3. The Labute approximate surface area is 359 Å². The van der Waals surface area contributed by atoms with Gasteiger partial charge >= 0.3 is 12.0 Å². The molecule has 62 heavy (non-hydrogen) atoms. The summed E-state index contributed by atoms with van der Waals surface area (Å²) in [7, 11) is 1.56. The van der Waals surface area contributed by atoms with Crippen molar-refractivity contribution in [1.29, 1.82) is 0 Å². The van der Waals surface area contributed by atoms with Crippen LogP contribution < -0.4 is 26.0 Å². The number of esters is 1. The van der Waals surface area contributed by atoms with E-state index in [1.807, 2.05) is 44.2 Å². The molecule has 16 nitrogen and oxygen atoms in total. The molecule has 16 heteroatoms. The van der Waals surface area contributed by atoms with Crippen LogP contribution in [0, 0.1) is 13.8 Å². The maximum absolute atomic E-state index is 13.5. The molecule has 0 saturated heterocycles. The summed E-state index contributed by atoms with van der Waals surface area (Å²) in [6.07, 6.45) is 7.22. The zero-order chi connectivity index (χ0) is 44.2. The number of nitrogens with zero attached hydrogens (tertiary/aromatic N) is 3. The number of carbonyl (C=O) groups is 5. The summed E-state index contributed by atoms with van der Waals surface area (Å²) >= 11 is 0. The van der Waals surface area contributed by atoms with Crippen molar-refractivity contribution in [3.8, 4) is 16.9 Å². The summed E-state index contributed by atoms with van der Waals surface area (Å²) in [4.78, 5) is 72.3. The van der Waals surface area contributed by atoms with Gasteiger partial charge in [0.2, 0.25) is 5.91 Å². The van der Waals surface area contributed by atoms with Crippen LogP contribution in [-0.4, -0.2) is 101 Å². The molecule has 322 valence electrons. The molecule has 5 aromatic rings. The molecule has 0 saturated carbocycles. The molecular formula is C46H51N9O7. The number of likely N-dealkylation sites (N-methyl/N-ethyl adjacent to an activating group) is 1. The highest BCUT2D eigenvalue weighted by Crippen LogP contribution is 2.36. The van der Waals surface area contributed by atoms with Crippen molar-refractivity contribution in [3.63, 3.8) is 0 Å². The van der Waals surface area contributed by atoms with Gasteiger partial charge in [0.15, 0.2) is 0 Å². The topological polar surface area (TPSA) is 203 Å². The number of anilines is 3. The molecule has 0 fully saturated rings. The molecule has 0 bridgehead atoms. The summed E-state index contributed by atoms with van der Waals surface area (Å²) in [5.41, 5.74) is 7.61. The molecular weight excluding hydrogens is 791 g/mol. The predicted octanol–water partition coefficient (Wildman–Crippen LogP) is 6.37. The average molecular weight is 842 g/mol. The molecule has 0 spiro atoms. The highest BCUT2D eigenvalue weighted by atomic mass is 16.5. The van der Waals surface area contributed by atoms with Gasteiger partial charge in [-0.1, -0.05) is 38.1 Å². The van der Waals surface area contributed by atoms with Crippen molar-refractivity contribution in [2.45, 2.75) is 34.2 Å². The number of fused-ring (bicyclic) bond motifs is 1. The van der Waals surface area contributed by atoms with Crippen LogP contribution in [0.25, 0.3) is 22.8 Å². The van der Waals surface area contributed by atoms with Crippen LogP contribution in [0.1, 0.15) is 52.3 Å². The van der Waals surface area contributed by atoms with Gasteiger partial charge in [0.25, 0.3) is 11.8 Å². The summed E-state index contributed by atoms with van der Waals surface area (Å²) in [5, 5.41) is 18.2. The molecule has 1 aliphatic rings. The van der Waals surface area contributed by atoms with Crippen LogP contribution in [0.15, 0.2) is 91.3 Å². The second-order valence-electron chi connectivity index (χ2n) is 14.5. The Morgan fingerprint density at radius 3 is 2.39 bits per heavy atom. The van der Waals surface area contributed by atoms with Gasteiger partial charge < -0.3 is 45.5 Å². The number of ether oxygens (including phenoxy) is 2.